The molecule has 2 aromatic heterocycles. The summed E-state index contributed by atoms with van der Waals surface area (Å²) in [5.41, 5.74) is 8.95. The summed E-state index contributed by atoms with van der Waals surface area (Å²) in [4.78, 5) is 3.73. The van der Waals surface area contributed by atoms with E-state index in [1.54, 1.807) is 0 Å². The maximum atomic E-state index is 6.12. The minimum Gasteiger partial charge on any atom is -0.456 e. The molecule has 8 rings (SSSR count). The summed E-state index contributed by atoms with van der Waals surface area (Å²) in [6.45, 7) is 4.30. The molecule has 0 unspecified atom stereocenters. The Morgan fingerprint density at radius 2 is 1.35 bits per heavy atom. The summed E-state index contributed by atoms with van der Waals surface area (Å²) in [7, 11) is 0. The van der Waals surface area contributed by atoms with E-state index < -0.39 is 0 Å². The molecule has 0 saturated heterocycles. The van der Waals surface area contributed by atoms with Gasteiger partial charge in [-0.1, -0.05) is 84.9 Å². The highest BCUT2D eigenvalue weighted by atomic mass is 32.1. The van der Waals surface area contributed by atoms with Crippen LogP contribution in [0.2, 0.25) is 0 Å². The largest absolute Gasteiger partial charge is 0.456 e. The van der Waals surface area contributed by atoms with E-state index in [1.807, 2.05) is 23.5 Å². The van der Waals surface area contributed by atoms with E-state index in [-0.39, 0.29) is 0 Å². The van der Waals surface area contributed by atoms with Gasteiger partial charge in [0, 0.05) is 42.5 Å². The van der Waals surface area contributed by atoms with Crippen LogP contribution >= 0.6 is 11.3 Å². The summed E-state index contributed by atoms with van der Waals surface area (Å²) in [6, 6.07) is 45.7. The first-order valence-corrected chi connectivity index (χ1v) is 15.5. The minimum atomic E-state index is 0.914. The molecule has 0 atom stereocenters. The first-order chi connectivity index (χ1) is 21.2. The molecule has 3 heteroatoms. The lowest BCUT2D eigenvalue weighted by atomic mass is 9.95. The molecule has 0 amide bonds. The van der Waals surface area contributed by atoms with Gasteiger partial charge in [0.15, 0.2) is 0 Å². The average molecular weight is 572 g/mol. The summed E-state index contributed by atoms with van der Waals surface area (Å²) in [5.74, 6) is 0. The molecule has 0 aliphatic heterocycles. The van der Waals surface area contributed by atoms with Crippen molar-refractivity contribution in [2.45, 2.75) is 13.8 Å². The van der Waals surface area contributed by atoms with Gasteiger partial charge in [-0.05, 0) is 90.5 Å². The third kappa shape index (κ3) is 4.24. The number of fused-ring (bicyclic) bond motifs is 5. The highest BCUT2D eigenvalue weighted by Gasteiger charge is 2.19. The highest BCUT2D eigenvalue weighted by Crippen LogP contribution is 2.44. The fourth-order valence-corrected chi connectivity index (χ4v) is 7.40. The van der Waals surface area contributed by atoms with Crippen molar-refractivity contribution in [3.05, 3.63) is 144 Å². The predicted molar refractivity (Wildman–Crippen MR) is 186 cm³/mol. The molecule has 0 saturated carbocycles. The van der Waals surface area contributed by atoms with Gasteiger partial charge < -0.3 is 9.32 Å². The van der Waals surface area contributed by atoms with E-state index in [2.05, 4.69) is 146 Å². The van der Waals surface area contributed by atoms with E-state index >= 15 is 0 Å². The van der Waals surface area contributed by atoms with Crippen molar-refractivity contribution in [3.63, 3.8) is 0 Å². The Morgan fingerprint density at radius 3 is 2.19 bits per heavy atom. The first-order valence-electron chi connectivity index (χ1n) is 14.6. The second kappa shape index (κ2) is 10.3. The summed E-state index contributed by atoms with van der Waals surface area (Å²) in [6.07, 6.45) is 4.36. The zero-order chi connectivity index (χ0) is 28.9. The second-order valence-electron chi connectivity index (χ2n) is 10.9. The van der Waals surface area contributed by atoms with Crippen molar-refractivity contribution in [1.29, 1.82) is 0 Å². The van der Waals surface area contributed by atoms with Crippen molar-refractivity contribution < 1.29 is 4.42 Å². The quantitative estimate of drug-likeness (QED) is 0.204. The smallest absolute Gasteiger partial charge is 0.135 e. The fraction of sp³-hybridized carbons (Fsp3) is 0.0500. The third-order valence-electron chi connectivity index (χ3n) is 8.33. The number of furan rings is 1. The van der Waals surface area contributed by atoms with Gasteiger partial charge in [0.2, 0.25) is 0 Å². The van der Waals surface area contributed by atoms with E-state index in [4.69, 9.17) is 4.42 Å². The Kier molecular flexibility index (Phi) is 6.13. The van der Waals surface area contributed by atoms with Gasteiger partial charge in [0.1, 0.15) is 11.2 Å². The Bertz CT molecular complexity index is 2320. The third-order valence-corrected chi connectivity index (χ3v) is 9.43. The van der Waals surface area contributed by atoms with Crippen molar-refractivity contribution >= 4 is 77.3 Å². The van der Waals surface area contributed by atoms with Crippen LogP contribution in [0.1, 0.15) is 17.4 Å². The van der Waals surface area contributed by atoms with Crippen LogP contribution in [0.25, 0.3) is 60.0 Å². The lowest BCUT2D eigenvalue weighted by Crippen LogP contribution is -2.10. The molecular weight excluding hydrogens is 543 g/mol. The Hall–Kier alpha value is -5.12. The molecule has 206 valence electrons. The number of anilines is 3. The van der Waals surface area contributed by atoms with Gasteiger partial charge >= 0.3 is 0 Å². The molecule has 2 heterocycles. The van der Waals surface area contributed by atoms with Crippen molar-refractivity contribution in [2.75, 3.05) is 4.90 Å². The zero-order valence-corrected chi connectivity index (χ0v) is 24.9. The van der Waals surface area contributed by atoms with Gasteiger partial charge in [-0.15, -0.1) is 11.3 Å². The summed E-state index contributed by atoms with van der Waals surface area (Å²) >= 11 is 1.86. The monoisotopic (exact) mass is 571 g/mol. The number of nitrogens with zero attached hydrogens (tertiary/aromatic N) is 1. The van der Waals surface area contributed by atoms with E-state index in [0.29, 0.717) is 0 Å². The molecule has 0 spiro atoms. The number of aryl methyl sites for hydroxylation is 1. The normalized spacial score (nSPS) is 11.9. The van der Waals surface area contributed by atoms with Gasteiger partial charge in [-0.2, -0.15) is 0 Å². The summed E-state index contributed by atoms with van der Waals surface area (Å²) in [5, 5.41) is 6.00. The maximum absolute atomic E-state index is 6.12. The molecular formula is C40H29NOS. The lowest BCUT2D eigenvalue weighted by Gasteiger charge is -2.27. The van der Waals surface area contributed by atoms with Crippen LogP contribution in [0.4, 0.5) is 17.1 Å². The number of allylic oxidation sites excluding steroid dienone is 1. The molecule has 0 fully saturated rings. The number of hydrogen-bond acceptors (Lipinski definition) is 3. The Balaban J connectivity index is 1.34. The first kappa shape index (κ1) is 25.6. The number of thiophene rings is 1. The van der Waals surface area contributed by atoms with Gasteiger partial charge in [0.25, 0.3) is 0 Å². The average Bonchev–Trinajstić information content (AvgIpc) is 3.58. The predicted octanol–water partition coefficient (Wildman–Crippen LogP) is 12.4. The van der Waals surface area contributed by atoms with E-state index in [9.17, 15) is 0 Å². The van der Waals surface area contributed by atoms with Crippen molar-refractivity contribution in [3.8, 4) is 11.1 Å². The molecule has 43 heavy (non-hydrogen) atoms. The fourth-order valence-electron chi connectivity index (χ4n) is 6.37. The van der Waals surface area contributed by atoms with Crippen LogP contribution < -0.4 is 4.90 Å². The lowest BCUT2D eigenvalue weighted by molar-refractivity contribution is 0.669. The van der Waals surface area contributed by atoms with Crippen LogP contribution in [-0.2, 0) is 0 Å². The van der Waals surface area contributed by atoms with Crippen molar-refractivity contribution in [1.82, 2.24) is 0 Å². The maximum Gasteiger partial charge on any atom is 0.135 e. The van der Waals surface area contributed by atoms with Crippen LogP contribution in [0.5, 0.6) is 0 Å². The van der Waals surface area contributed by atoms with E-state index in [0.717, 1.165) is 39.0 Å². The molecule has 0 bridgehead atoms. The SMILES string of the molecule is C/C=C\c1c(C)sc2ccc(N(c3ccccc3)c3ccc(-c4ccc5oc6ccccc6c5c4)c4ccccc34)cc12. The molecule has 6 aromatic carbocycles. The molecule has 0 aliphatic rings. The topological polar surface area (TPSA) is 16.4 Å². The number of hydrogen-bond donors (Lipinski definition) is 0. The van der Waals surface area contributed by atoms with Gasteiger partial charge in [-0.25, -0.2) is 0 Å². The van der Waals surface area contributed by atoms with Crippen LogP contribution in [0, 0.1) is 6.92 Å². The second-order valence-corrected chi connectivity index (χ2v) is 12.2. The molecule has 2 nitrogen and oxygen atoms in total. The zero-order valence-electron chi connectivity index (χ0n) is 24.0. The van der Waals surface area contributed by atoms with Crippen LogP contribution in [0.3, 0.4) is 0 Å². The van der Waals surface area contributed by atoms with Crippen LogP contribution in [0.15, 0.2) is 138 Å². The van der Waals surface area contributed by atoms with E-state index in [1.165, 1.54) is 42.4 Å². The van der Waals surface area contributed by atoms with Gasteiger partial charge in [0.05, 0.1) is 5.69 Å². The Labute approximate surface area is 254 Å². The molecule has 0 radical (unpaired) electrons. The number of para-hydroxylation sites is 2. The summed E-state index contributed by atoms with van der Waals surface area (Å²) < 4.78 is 7.43. The number of benzene rings is 6. The van der Waals surface area contributed by atoms with Crippen molar-refractivity contribution in [2.24, 2.45) is 0 Å². The minimum absolute atomic E-state index is 0.914. The molecule has 0 N–H and O–H groups in total. The highest BCUT2D eigenvalue weighted by molar-refractivity contribution is 7.19. The number of rotatable bonds is 5. The van der Waals surface area contributed by atoms with Gasteiger partial charge in [-0.3, -0.25) is 0 Å². The molecule has 8 aromatic rings. The Morgan fingerprint density at radius 1 is 0.605 bits per heavy atom. The van der Waals surface area contributed by atoms with Crippen LogP contribution in [-0.4, -0.2) is 0 Å². The standard InChI is InChI=1S/C40H29NOS/c1-3-11-30-26(2)43-40-23-19-29(25-36(30)40)41(28-12-5-4-6-13-28)37-21-20-31(32-14-7-8-15-33(32)37)27-18-22-39-35(24-27)34-16-9-10-17-38(34)42-39/h3-25H,1-2H3/b11-3-. The molecule has 0 aliphatic carbocycles.